The first-order valence-corrected chi connectivity index (χ1v) is 7.05. The lowest BCUT2D eigenvalue weighted by molar-refractivity contribution is -0.117. The molecule has 7 heteroatoms. The van der Waals surface area contributed by atoms with Gasteiger partial charge in [0.25, 0.3) is 0 Å². The number of hydrogen-bond acceptors (Lipinski definition) is 3. The molecule has 1 amide bonds. The van der Waals surface area contributed by atoms with E-state index in [2.05, 4.69) is 5.32 Å². The van der Waals surface area contributed by atoms with Gasteiger partial charge in [-0.2, -0.15) is 0 Å². The predicted octanol–water partition coefficient (Wildman–Crippen LogP) is 3.39. The summed E-state index contributed by atoms with van der Waals surface area (Å²) >= 11 is 11.7. The molecule has 0 aliphatic heterocycles. The highest BCUT2D eigenvalue weighted by atomic mass is 35.5. The molecule has 1 rings (SSSR count). The van der Waals surface area contributed by atoms with E-state index in [0.29, 0.717) is 0 Å². The van der Waals surface area contributed by atoms with E-state index in [1.165, 1.54) is 12.1 Å². The molecule has 1 unspecified atom stereocenters. The van der Waals surface area contributed by atoms with Gasteiger partial charge in [0.05, 0.1) is 16.3 Å². The molecular weight excluding hydrogens is 315 g/mol. The maximum absolute atomic E-state index is 12.0. The van der Waals surface area contributed by atoms with E-state index in [0.717, 1.165) is 0 Å². The molecule has 21 heavy (non-hydrogen) atoms. The van der Waals surface area contributed by atoms with Crippen molar-refractivity contribution in [3.05, 3.63) is 27.7 Å². The summed E-state index contributed by atoms with van der Waals surface area (Å²) in [5.74, 6) is -1.63. The second-order valence-electron chi connectivity index (χ2n) is 5.84. The van der Waals surface area contributed by atoms with Crippen molar-refractivity contribution in [3.8, 4) is 0 Å². The van der Waals surface area contributed by atoms with E-state index in [-0.39, 0.29) is 39.2 Å². The Labute approximate surface area is 133 Å². The summed E-state index contributed by atoms with van der Waals surface area (Å²) < 4.78 is 0. The van der Waals surface area contributed by atoms with Crippen LogP contribution in [-0.4, -0.2) is 23.0 Å². The number of halogens is 2. The van der Waals surface area contributed by atoms with Gasteiger partial charge >= 0.3 is 5.97 Å². The van der Waals surface area contributed by atoms with Crippen molar-refractivity contribution < 1.29 is 14.7 Å². The Balaban J connectivity index is 2.98. The summed E-state index contributed by atoms with van der Waals surface area (Å²) in [6, 6.07) is 2.24. The number of carbonyl (C=O) groups excluding carboxylic acids is 1. The highest BCUT2D eigenvalue weighted by Gasteiger charge is 2.24. The first kappa shape index (κ1) is 17.8. The van der Waals surface area contributed by atoms with E-state index in [9.17, 15) is 9.59 Å². The van der Waals surface area contributed by atoms with E-state index in [4.69, 9.17) is 34.0 Å². The van der Waals surface area contributed by atoms with Gasteiger partial charge in [-0.05, 0) is 17.5 Å². The van der Waals surface area contributed by atoms with Gasteiger partial charge in [0.15, 0.2) is 0 Å². The van der Waals surface area contributed by atoms with Gasteiger partial charge in [0.2, 0.25) is 5.91 Å². The fraction of sp³-hybridized carbons (Fsp3) is 0.429. The number of aromatic carboxylic acids is 1. The third-order valence-corrected chi connectivity index (χ3v) is 3.58. The highest BCUT2D eigenvalue weighted by molar-refractivity contribution is 6.37. The first-order chi connectivity index (χ1) is 9.52. The molecule has 0 saturated heterocycles. The normalized spacial score (nSPS) is 12.9. The molecule has 0 spiro atoms. The number of carboxylic acids is 1. The molecule has 0 aliphatic rings. The molecule has 1 atom stereocenters. The average molecular weight is 333 g/mol. The van der Waals surface area contributed by atoms with Gasteiger partial charge in [-0.3, -0.25) is 4.79 Å². The topological polar surface area (TPSA) is 92.4 Å². The summed E-state index contributed by atoms with van der Waals surface area (Å²) in [5.41, 5.74) is 5.56. The van der Waals surface area contributed by atoms with Gasteiger partial charge in [0.1, 0.15) is 0 Å². The first-order valence-electron chi connectivity index (χ1n) is 6.30. The monoisotopic (exact) mass is 332 g/mol. The standard InChI is InChI=1S/C14H18Cl2N2O3/c1-14(2,3)10(17)6-11(19)18-12-8(13(20)21)4-7(15)5-9(12)16/h4-5,10H,6,17H2,1-3H3,(H,18,19)(H,20,21). The van der Waals surface area contributed by atoms with Crippen molar-refractivity contribution in [2.24, 2.45) is 11.1 Å². The second-order valence-corrected chi connectivity index (χ2v) is 6.68. The predicted molar refractivity (Wildman–Crippen MR) is 84.1 cm³/mol. The fourth-order valence-electron chi connectivity index (χ4n) is 1.57. The van der Waals surface area contributed by atoms with Crippen molar-refractivity contribution in [2.75, 3.05) is 5.32 Å². The van der Waals surface area contributed by atoms with Crippen molar-refractivity contribution in [3.63, 3.8) is 0 Å². The average Bonchev–Trinajstić information content (AvgIpc) is 2.30. The molecule has 0 aliphatic carbocycles. The summed E-state index contributed by atoms with van der Waals surface area (Å²) in [7, 11) is 0. The minimum atomic E-state index is -1.23. The molecule has 116 valence electrons. The minimum absolute atomic E-state index is 0.0275. The highest BCUT2D eigenvalue weighted by Crippen LogP contribution is 2.31. The molecule has 0 bridgehead atoms. The van der Waals surface area contributed by atoms with Crippen LogP contribution in [0.5, 0.6) is 0 Å². The van der Waals surface area contributed by atoms with Crippen molar-refractivity contribution >= 4 is 40.8 Å². The molecule has 4 N–H and O–H groups in total. The lowest BCUT2D eigenvalue weighted by Crippen LogP contribution is -2.38. The number of anilines is 1. The molecule has 0 radical (unpaired) electrons. The van der Waals surface area contributed by atoms with Crippen LogP contribution in [0.3, 0.4) is 0 Å². The summed E-state index contributed by atoms with van der Waals surface area (Å²) in [4.78, 5) is 23.2. The SMILES string of the molecule is CC(C)(C)C(N)CC(=O)Nc1c(Cl)cc(Cl)cc1C(=O)O. The van der Waals surface area contributed by atoms with Crippen LogP contribution in [0.15, 0.2) is 12.1 Å². The lowest BCUT2D eigenvalue weighted by Gasteiger charge is -2.26. The number of amides is 1. The zero-order chi connectivity index (χ0) is 16.4. The number of nitrogens with one attached hydrogen (secondary N) is 1. The van der Waals surface area contributed by atoms with E-state index in [1.54, 1.807) is 0 Å². The van der Waals surface area contributed by atoms with Crippen LogP contribution in [0, 0.1) is 5.41 Å². The van der Waals surface area contributed by atoms with E-state index >= 15 is 0 Å². The Kier molecular flexibility index (Phi) is 5.61. The third-order valence-electron chi connectivity index (χ3n) is 3.07. The maximum atomic E-state index is 12.0. The quantitative estimate of drug-likeness (QED) is 0.787. The van der Waals surface area contributed by atoms with E-state index in [1.807, 2.05) is 20.8 Å². The van der Waals surface area contributed by atoms with Crippen LogP contribution < -0.4 is 11.1 Å². The van der Waals surface area contributed by atoms with Crippen LogP contribution in [0.1, 0.15) is 37.6 Å². The Morgan fingerprint density at radius 1 is 1.33 bits per heavy atom. The number of rotatable bonds is 4. The van der Waals surface area contributed by atoms with Crippen LogP contribution >= 0.6 is 23.2 Å². The minimum Gasteiger partial charge on any atom is -0.478 e. The number of carbonyl (C=O) groups is 2. The van der Waals surface area contributed by atoms with E-state index < -0.39 is 11.9 Å². The fourth-order valence-corrected chi connectivity index (χ4v) is 2.11. The van der Waals surface area contributed by atoms with Crippen LogP contribution in [0.2, 0.25) is 10.0 Å². The summed E-state index contributed by atoms with van der Waals surface area (Å²) in [5, 5.41) is 11.9. The largest absolute Gasteiger partial charge is 0.478 e. The van der Waals surface area contributed by atoms with Gasteiger partial charge in [0, 0.05) is 17.5 Å². The van der Waals surface area contributed by atoms with Crippen molar-refractivity contribution in [2.45, 2.75) is 33.2 Å². The van der Waals surface area contributed by atoms with Gasteiger partial charge in [-0.25, -0.2) is 4.79 Å². The molecule has 1 aromatic rings. The molecular formula is C14H18Cl2N2O3. The number of hydrogen-bond donors (Lipinski definition) is 3. The number of benzene rings is 1. The molecule has 0 fully saturated rings. The van der Waals surface area contributed by atoms with Crippen LogP contribution in [0.25, 0.3) is 0 Å². The zero-order valence-electron chi connectivity index (χ0n) is 12.0. The van der Waals surface area contributed by atoms with Crippen molar-refractivity contribution in [1.29, 1.82) is 0 Å². The van der Waals surface area contributed by atoms with Gasteiger partial charge < -0.3 is 16.2 Å². The molecule has 0 saturated carbocycles. The van der Waals surface area contributed by atoms with Crippen LogP contribution in [-0.2, 0) is 4.79 Å². The molecule has 0 heterocycles. The molecule has 1 aromatic carbocycles. The Hall–Kier alpha value is -1.30. The Morgan fingerprint density at radius 2 is 1.90 bits per heavy atom. The molecule has 0 aromatic heterocycles. The van der Waals surface area contributed by atoms with Gasteiger partial charge in [-0.1, -0.05) is 44.0 Å². The smallest absolute Gasteiger partial charge is 0.337 e. The lowest BCUT2D eigenvalue weighted by atomic mass is 9.85. The Bertz CT molecular complexity index is 568. The molecule has 5 nitrogen and oxygen atoms in total. The number of nitrogens with two attached hydrogens (primary N) is 1. The number of carboxylic acid groups (broad SMARTS) is 1. The Morgan fingerprint density at radius 3 is 2.38 bits per heavy atom. The van der Waals surface area contributed by atoms with Crippen molar-refractivity contribution in [1.82, 2.24) is 0 Å². The van der Waals surface area contributed by atoms with Gasteiger partial charge in [-0.15, -0.1) is 0 Å². The van der Waals surface area contributed by atoms with Crippen LogP contribution in [0.4, 0.5) is 5.69 Å². The summed E-state index contributed by atoms with van der Waals surface area (Å²) in [6.45, 7) is 5.76. The second kappa shape index (κ2) is 6.64. The third kappa shape index (κ3) is 4.88. The zero-order valence-corrected chi connectivity index (χ0v) is 13.5. The maximum Gasteiger partial charge on any atom is 0.337 e. The summed E-state index contributed by atoms with van der Waals surface area (Å²) in [6.07, 6.45) is 0.0571.